The van der Waals surface area contributed by atoms with Crippen LogP contribution in [0.15, 0.2) is 89.7 Å². The molecule has 0 fully saturated rings. The van der Waals surface area contributed by atoms with E-state index in [9.17, 15) is 0 Å². The van der Waals surface area contributed by atoms with Crippen molar-refractivity contribution >= 4 is 5.71 Å². The van der Waals surface area contributed by atoms with Crippen LogP contribution >= 0.6 is 0 Å². The van der Waals surface area contributed by atoms with Gasteiger partial charge in [-0.05, 0) is 68.7 Å². The van der Waals surface area contributed by atoms with Crippen LogP contribution in [-0.2, 0) is 0 Å². The van der Waals surface area contributed by atoms with E-state index in [2.05, 4.69) is 49.9 Å². The number of allylic oxidation sites excluding steroid dienone is 10. The molecule has 0 aromatic carbocycles. The zero-order valence-electron chi connectivity index (χ0n) is 14.6. The summed E-state index contributed by atoms with van der Waals surface area (Å²) in [5.74, 6) is 0. The monoisotopic (exact) mass is 307 g/mol. The van der Waals surface area contributed by atoms with Crippen molar-refractivity contribution in [3.63, 3.8) is 0 Å². The molecule has 122 valence electrons. The Kier molecular flexibility index (Phi) is 8.67. The van der Waals surface area contributed by atoms with Crippen molar-refractivity contribution in [2.45, 2.75) is 46.0 Å². The second kappa shape index (κ2) is 10.6. The molecule has 0 aromatic rings. The summed E-state index contributed by atoms with van der Waals surface area (Å²) < 4.78 is 0. The zero-order chi connectivity index (χ0) is 17.1. The van der Waals surface area contributed by atoms with Crippen LogP contribution in [0.25, 0.3) is 0 Å². The molecule has 0 radical (unpaired) electrons. The summed E-state index contributed by atoms with van der Waals surface area (Å²) in [5, 5.41) is 0. The maximum Gasteiger partial charge on any atom is 0.0447 e. The molecule has 1 rings (SSSR count). The van der Waals surface area contributed by atoms with E-state index in [1.54, 1.807) is 12.3 Å². The summed E-state index contributed by atoms with van der Waals surface area (Å²) in [6, 6.07) is 0. The maximum atomic E-state index is 4.49. The molecule has 0 N–H and O–H groups in total. The smallest absolute Gasteiger partial charge is 0.0447 e. The Balaban J connectivity index is 2.70. The van der Waals surface area contributed by atoms with Gasteiger partial charge in [-0.1, -0.05) is 55.7 Å². The van der Waals surface area contributed by atoms with Crippen molar-refractivity contribution in [3.05, 3.63) is 84.7 Å². The lowest BCUT2D eigenvalue weighted by Gasteiger charge is -2.18. The quantitative estimate of drug-likeness (QED) is 0.334. The van der Waals surface area contributed by atoms with E-state index < -0.39 is 0 Å². The average Bonchev–Trinajstić information content (AvgIpc) is 2.55. The molecular weight excluding hydrogens is 278 g/mol. The third-order valence-corrected chi connectivity index (χ3v) is 3.79. The summed E-state index contributed by atoms with van der Waals surface area (Å²) in [6.45, 7) is 16.1. The fraction of sp³-hybridized carbons (Fsp3) is 0.318. The lowest BCUT2D eigenvalue weighted by molar-refractivity contribution is 0.821. The average molecular weight is 307 g/mol. The second-order valence-electron chi connectivity index (χ2n) is 5.72. The lowest BCUT2D eigenvalue weighted by atomic mass is 9.87. The lowest BCUT2D eigenvalue weighted by Crippen LogP contribution is -2.06. The van der Waals surface area contributed by atoms with Gasteiger partial charge in [0, 0.05) is 11.9 Å². The van der Waals surface area contributed by atoms with Crippen molar-refractivity contribution < 1.29 is 0 Å². The molecule has 0 amide bonds. The number of hydrogen-bond acceptors (Lipinski definition) is 1. The van der Waals surface area contributed by atoms with Crippen LogP contribution in [0, 0.1) is 0 Å². The predicted molar refractivity (Wildman–Crippen MR) is 105 cm³/mol. The highest BCUT2D eigenvalue weighted by Crippen LogP contribution is 2.29. The molecule has 1 heteroatoms. The van der Waals surface area contributed by atoms with E-state index in [-0.39, 0.29) is 0 Å². The Morgan fingerprint density at radius 3 is 2.52 bits per heavy atom. The first-order valence-electron chi connectivity index (χ1n) is 8.31. The fourth-order valence-electron chi connectivity index (χ4n) is 2.62. The van der Waals surface area contributed by atoms with Crippen LogP contribution in [0.2, 0.25) is 0 Å². The normalized spacial score (nSPS) is 15.7. The minimum absolute atomic E-state index is 0.996. The Morgan fingerprint density at radius 1 is 1.17 bits per heavy atom. The molecule has 0 saturated heterocycles. The molecule has 0 aliphatic heterocycles. The van der Waals surface area contributed by atoms with Gasteiger partial charge in [0.1, 0.15) is 0 Å². The first-order valence-corrected chi connectivity index (χ1v) is 8.31. The fourth-order valence-corrected chi connectivity index (χ4v) is 2.62. The first kappa shape index (κ1) is 18.9. The van der Waals surface area contributed by atoms with Crippen molar-refractivity contribution in [1.29, 1.82) is 0 Å². The van der Waals surface area contributed by atoms with Crippen LogP contribution in [0.5, 0.6) is 0 Å². The molecule has 0 heterocycles. The van der Waals surface area contributed by atoms with Gasteiger partial charge in [-0.15, -0.1) is 0 Å². The molecule has 1 aliphatic carbocycles. The Morgan fingerprint density at radius 2 is 1.87 bits per heavy atom. The Hall–Kier alpha value is -2.15. The molecule has 0 aromatic heterocycles. The number of nitrogens with zero attached hydrogens (tertiary/aromatic N) is 1. The standard InChI is InChI=1S/C22H29N/c1-6-8-17-23-20(5)22-16-10-9-15-21(22)19(4)14-11-13-18(3)12-7-2/h6-8,12,15-17H,1,3-4,9-11,13-14H2,2,5H3/b12-7-,17-8-,23-20?. The van der Waals surface area contributed by atoms with Gasteiger partial charge >= 0.3 is 0 Å². The van der Waals surface area contributed by atoms with Gasteiger partial charge in [-0.3, -0.25) is 4.99 Å². The topological polar surface area (TPSA) is 12.4 Å². The van der Waals surface area contributed by atoms with Crippen molar-refractivity contribution in [2.75, 3.05) is 0 Å². The van der Waals surface area contributed by atoms with Gasteiger partial charge in [0.05, 0.1) is 0 Å². The van der Waals surface area contributed by atoms with E-state index in [1.165, 1.54) is 22.3 Å². The highest BCUT2D eigenvalue weighted by atomic mass is 14.7. The van der Waals surface area contributed by atoms with Gasteiger partial charge in [-0.2, -0.15) is 0 Å². The third-order valence-electron chi connectivity index (χ3n) is 3.79. The number of hydrogen-bond donors (Lipinski definition) is 0. The van der Waals surface area contributed by atoms with E-state index in [1.807, 2.05) is 19.1 Å². The molecule has 0 bridgehead atoms. The Bertz CT molecular complexity index is 591. The van der Waals surface area contributed by atoms with Gasteiger partial charge in [0.25, 0.3) is 0 Å². The highest BCUT2D eigenvalue weighted by molar-refractivity contribution is 6.03. The van der Waals surface area contributed by atoms with Crippen LogP contribution in [0.3, 0.4) is 0 Å². The van der Waals surface area contributed by atoms with Crippen LogP contribution in [0.1, 0.15) is 46.0 Å². The van der Waals surface area contributed by atoms with Crippen LogP contribution in [0.4, 0.5) is 0 Å². The van der Waals surface area contributed by atoms with Crippen LogP contribution in [-0.4, -0.2) is 5.71 Å². The summed E-state index contributed by atoms with van der Waals surface area (Å²) in [5.41, 5.74) is 5.91. The SMILES string of the molecule is C=C/C=C\N=C(C)C1=CCCC=C1C(=C)CCCC(=C)/C=C\C. The van der Waals surface area contributed by atoms with Crippen molar-refractivity contribution in [1.82, 2.24) is 0 Å². The van der Waals surface area contributed by atoms with Gasteiger partial charge in [0.2, 0.25) is 0 Å². The summed E-state index contributed by atoms with van der Waals surface area (Å²) in [7, 11) is 0. The predicted octanol–water partition coefficient (Wildman–Crippen LogP) is 6.65. The minimum Gasteiger partial charge on any atom is -0.261 e. The molecule has 1 nitrogen and oxygen atoms in total. The first-order chi connectivity index (χ1) is 11.1. The molecular formula is C22H29N. The van der Waals surface area contributed by atoms with E-state index in [4.69, 9.17) is 0 Å². The van der Waals surface area contributed by atoms with E-state index in [0.29, 0.717) is 0 Å². The second-order valence-corrected chi connectivity index (χ2v) is 5.72. The Labute approximate surface area is 141 Å². The number of aliphatic imine (C=N–C) groups is 1. The number of rotatable bonds is 9. The van der Waals surface area contributed by atoms with Crippen LogP contribution < -0.4 is 0 Å². The zero-order valence-corrected chi connectivity index (χ0v) is 14.6. The molecule has 0 unspecified atom stereocenters. The largest absolute Gasteiger partial charge is 0.261 e. The molecule has 0 saturated carbocycles. The molecule has 1 aliphatic rings. The summed E-state index contributed by atoms with van der Waals surface area (Å²) in [6.07, 6.45) is 19.3. The summed E-state index contributed by atoms with van der Waals surface area (Å²) in [4.78, 5) is 4.49. The van der Waals surface area contributed by atoms with Crippen molar-refractivity contribution in [2.24, 2.45) is 4.99 Å². The van der Waals surface area contributed by atoms with Crippen molar-refractivity contribution in [3.8, 4) is 0 Å². The van der Waals surface area contributed by atoms with Gasteiger partial charge in [0.15, 0.2) is 0 Å². The van der Waals surface area contributed by atoms with E-state index >= 15 is 0 Å². The van der Waals surface area contributed by atoms with E-state index in [0.717, 1.165) is 37.8 Å². The summed E-state index contributed by atoms with van der Waals surface area (Å²) >= 11 is 0. The molecule has 0 atom stereocenters. The maximum absolute atomic E-state index is 4.49. The van der Waals surface area contributed by atoms with Gasteiger partial charge < -0.3 is 0 Å². The molecule has 23 heavy (non-hydrogen) atoms. The highest BCUT2D eigenvalue weighted by Gasteiger charge is 2.14. The third kappa shape index (κ3) is 6.65. The van der Waals surface area contributed by atoms with Gasteiger partial charge in [-0.25, -0.2) is 0 Å². The molecule has 0 spiro atoms. The minimum atomic E-state index is 0.996.